The summed E-state index contributed by atoms with van der Waals surface area (Å²) in [4.78, 5) is 2.62. The summed E-state index contributed by atoms with van der Waals surface area (Å²) in [6.07, 6.45) is 5.69. The molecule has 6 atom stereocenters. The Bertz CT molecular complexity index is 3290. The van der Waals surface area contributed by atoms with Gasteiger partial charge in [-0.3, -0.25) is 0 Å². The van der Waals surface area contributed by atoms with Crippen LogP contribution in [0.25, 0.3) is 60.5 Å². The van der Waals surface area contributed by atoms with E-state index in [0.29, 0.717) is 5.41 Å². The van der Waals surface area contributed by atoms with Crippen molar-refractivity contribution in [3.05, 3.63) is 193 Å². The van der Waals surface area contributed by atoms with E-state index >= 15 is 0 Å². The highest BCUT2D eigenvalue weighted by Gasteiger charge is 2.73. The summed E-state index contributed by atoms with van der Waals surface area (Å²) in [7, 11) is 0. The summed E-state index contributed by atoms with van der Waals surface area (Å²) >= 11 is 0. The third kappa shape index (κ3) is 4.48. The van der Waals surface area contributed by atoms with Gasteiger partial charge in [-0.25, -0.2) is 0 Å². The standard InChI is InChI=1S/C59H48N2/c1-58(2)49-18-8-5-16-45(49)46-30-28-42(33-51(46)58)60(54-22-12-9-19-50(54)59-34-39-31-38-32-40(35-59)56(59)55(38)39)41-26-23-37(24-27-41)43-14-6-10-20-52(43)61-53-21-11-7-17-47(53)48-29-25-36-13-3-4-15-44(36)57(48)61/h3-30,33,38-40,55-56H,31-32,34-35H2,1-2H3/t38-,39-,40?,55?,56?,59-/m1/s1. The van der Waals surface area contributed by atoms with Gasteiger partial charge in [0.2, 0.25) is 0 Å². The minimum atomic E-state index is -0.0811. The highest BCUT2D eigenvalue weighted by Crippen LogP contribution is 2.79. The average Bonchev–Trinajstić information content (AvgIpc) is 3.90. The number of nitrogens with zero attached hydrogens (tertiary/aromatic N) is 2. The molecule has 0 saturated heterocycles. The molecular weight excluding hydrogens is 737 g/mol. The van der Waals surface area contributed by atoms with Crippen molar-refractivity contribution in [1.82, 2.24) is 4.57 Å². The van der Waals surface area contributed by atoms with Gasteiger partial charge < -0.3 is 9.47 Å². The fraction of sp³-hybridized carbons (Fsp3) is 0.220. The molecule has 1 aromatic heterocycles. The lowest BCUT2D eigenvalue weighted by atomic mass is 9.53. The van der Waals surface area contributed by atoms with Crippen LogP contribution < -0.4 is 4.90 Å². The molecule has 2 nitrogen and oxygen atoms in total. The van der Waals surface area contributed by atoms with Crippen molar-refractivity contribution in [2.75, 3.05) is 4.90 Å². The van der Waals surface area contributed by atoms with E-state index in [1.807, 2.05) is 0 Å². The molecule has 4 fully saturated rings. The molecule has 9 aromatic rings. The SMILES string of the molecule is CC1(C)c2ccccc2-c2ccc(N(c3ccc(-c4ccccc4-n4c5ccccc5c5ccc6ccccc6c54)cc3)c3ccccc3[C@]34CC5C[C@H]6C[C@H](C3)C6C54)cc21. The van der Waals surface area contributed by atoms with Gasteiger partial charge in [-0.1, -0.05) is 147 Å². The molecule has 0 N–H and O–H groups in total. The molecule has 3 unspecified atom stereocenters. The zero-order valence-electron chi connectivity index (χ0n) is 34.9. The maximum Gasteiger partial charge on any atom is 0.0619 e. The highest BCUT2D eigenvalue weighted by molar-refractivity contribution is 6.19. The van der Waals surface area contributed by atoms with Gasteiger partial charge in [0.1, 0.15) is 0 Å². The minimum Gasteiger partial charge on any atom is -0.310 e. The molecule has 1 heterocycles. The summed E-state index contributed by atoms with van der Waals surface area (Å²) < 4.78 is 2.51. The molecule has 5 aliphatic rings. The average molecular weight is 785 g/mol. The molecule has 14 rings (SSSR count). The quantitative estimate of drug-likeness (QED) is 0.163. The first-order chi connectivity index (χ1) is 30.0. The predicted molar refractivity (Wildman–Crippen MR) is 254 cm³/mol. The highest BCUT2D eigenvalue weighted by atomic mass is 15.1. The van der Waals surface area contributed by atoms with E-state index in [1.165, 1.54) is 114 Å². The number of fused-ring (bicyclic) bond motifs is 8. The molecular formula is C59H48N2. The molecule has 0 radical (unpaired) electrons. The Labute approximate surface area is 358 Å². The number of anilines is 3. The first-order valence-corrected chi connectivity index (χ1v) is 22.7. The van der Waals surface area contributed by atoms with Crippen LogP contribution >= 0.6 is 0 Å². The fourth-order valence-corrected chi connectivity index (χ4v) is 14.4. The Hall–Kier alpha value is -6.38. The molecule has 0 amide bonds. The second-order valence-electron chi connectivity index (χ2n) is 19.8. The third-order valence-electron chi connectivity index (χ3n) is 16.8. The van der Waals surface area contributed by atoms with Crippen LogP contribution in [0.15, 0.2) is 176 Å². The molecule has 294 valence electrons. The molecule has 0 spiro atoms. The van der Waals surface area contributed by atoms with Crippen molar-refractivity contribution in [3.63, 3.8) is 0 Å². The van der Waals surface area contributed by atoms with Gasteiger partial charge in [0, 0.05) is 49.6 Å². The van der Waals surface area contributed by atoms with Crippen molar-refractivity contribution in [1.29, 1.82) is 0 Å². The van der Waals surface area contributed by atoms with Gasteiger partial charge in [-0.2, -0.15) is 0 Å². The fourth-order valence-electron chi connectivity index (χ4n) is 14.4. The number of benzene rings is 8. The van der Waals surface area contributed by atoms with Crippen molar-refractivity contribution >= 4 is 49.6 Å². The van der Waals surface area contributed by atoms with Gasteiger partial charge in [0.25, 0.3) is 0 Å². The molecule has 4 saturated carbocycles. The number of rotatable bonds is 6. The number of aromatic nitrogens is 1. The molecule has 5 aliphatic carbocycles. The number of para-hydroxylation sites is 3. The van der Waals surface area contributed by atoms with E-state index in [2.05, 4.69) is 199 Å². The smallest absolute Gasteiger partial charge is 0.0619 e. The van der Waals surface area contributed by atoms with Crippen LogP contribution in [-0.2, 0) is 10.8 Å². The van der Waals surface area contributed by atoms with Gasteiger partial charge in [-0.15, -0.1) is 0 Å². The number of hydrogen-bond acceptors (Lipinski definition) is 1. The second kappa shape index (κ2) is 12.1. The van der Waals surface area contributed by atoms with Gasteiger partial charge in [0.05, 0.1) is 16.7 Å². The summed E-state index contributed by atoms with van der Waals surface area (Å²) in [5, 5.41) is 5.10. The Kier molecular flexibility index (Phi) is 6.83. The van der Waals surface area contributed by atoms with Crippen molar-refractivity contribution in [2.45, 2.75) is 50.4 Å². The zero-order valence-corrected chi connectivity index (χ0v) is 34.9. The molecule has 2 heteroatoms. The maximum absolute atomic E-state index is 2.62. The normalized spacial score (nSPS) is 24.7. The van der Waals surface area contributed by atoms with Crippen molar-refractivity contribution < 1.29 is 0 Å². The van der Waals surface area contributed by atoms with Crippen LogP contribution in [0.3, 0.4) is 0 Å². The van der Waals surface area contributed by atoms with Gasteiger partial charge >= 0.3 is 0 Å². The second-order valence-corrected chi connectivity index (χ2v) is 19.8. The van der Waals surface area contributed by atoms with Crippen LogP contribution in [0.4, 0.5) is 17.1 Å². The maximum atomic E-state index is 2.62. The summed E-state index contributed by atoms with van der Waals surface area (Å²) in [6.45, 7) is 4.81. The van der Waals surface area contributed by atoms with E-state index in [-0.39, 0.29) is 5.41 Å². The van der Waals surface area contributed by atoms with Crippen LogP contribution in [0.1, 0.15) is 56.2 Å². The van der Waals surface area contributed by atoms with E-state index in [4.69, 9.17) is 0 Å². The van der Waals surface area contributed by atoms with E-state index in [0.717, 1.165) is 29.6 Å². The van der Waals surface area contributed by atoms with E-state index < -0.39 is 0 Å². The van der Waals surface area contributed by atoms with Crippen LogP contribution in [-0.4, -0.2) is 4.57 Å². The Morgan fingerprint density at radius 1 is 0.508 bits per heavy atom. The van der Waals surface area contributed by atoms with E-state index in [1.54, 1.807) is 5.56 Å². The predicted octanol–water partition coefficient (Wildman–Crippen LogP) is 15.3. The Morgan fingerprint density at radius 3 is 2.07 bits per heavy atom. The summed E-state index contributed by atoms with van der Waals surface area (Å²) in [6, 6.07) is 66.7. The minimum absolute atomic E-state index is 0.0811. The monoisotopic (exact) mass is 784 g/mol. The Balaban J connectivity index is 0.939. The molecule has 0 aliphatic heterocycles. The lowest BCUT2D eigenvalue weighted by molar-refractivity contribution is 0.0688. The van der Waals surface area contributed by atoms with Crippen LogP contribution in [0, 0.1) is 29.6 Å². The topological polar surface area (TPSA) is 8.17 Å². The summed E-state index contributed by atoms with van der Waals surface area (Å²) in [5.74, 6) is 4.67. The van der Waals surface area contributed by atoms with Crippen molar-refractivity contribution in [2.24, 2.45) is 29.6 Å². The van der Waals surface area contributed by atoms with Crippen molar-refractivity contribution in [3.8, 4) is 27.9 Å². The van der Waals surface area contributed by atoms with Crippen LogP contribution in [0.2, 0.25) is 0 Å². The lowest BCUT2D eigenvalue weighted by Gasteiger charge is -2.52. The lowest BCUT2D eigenvalue weighted by Crippen LogP contribution is -2.47. The van der Waals surface area contributed by atoms with Crippen LogP contribution in [0.5, 0.6) is 0 Å². The van der Waals surface area contributed by atoms with E-state index in [9.17, 15) is 0 Å². The first-order valence-electron chi connectivity index (χ1n) is 22.7. The number of hydrogen-bond donors (Lipinski definition) is 0. The Morgan fingerprint density at radius 2 is 1.18 bits per heavy atom. The summed E-state index contributed by atoms with van der Waals surface area (Å²) in [5.41, 5.74) is 17.3. The molecule has 0 bridgehead atoms. The first kappa shape index (κ1) is 34.3. The van der Waals surface area contributed by atoms with Gasteiger partial charge in [-0.05, 0) is 137 Å². The largest absolute Gasteiger partial charge is 0.310 e. The molecule has 8 aromatic carbocycles. The van der Waals surface area contributed by atoms with Gasteiger partial charge in [0.15, 0.2) is 0 Å². The third-order valence-corrected chi connectivity index (χ3v) is 16.8. The zero-order chi connectivity index (χ0) is 40.2. The molecule has 61 heavy (non-hydrogen) atoms.